The Hall–Kier alpha value is -2.12. The Labute approximate surface area is 162 Å². The third-order valence-electron chi connectivity index (χ3n) is 5.66. The quantitative estimate of drug-likeness (QED) is 0.753. The first-order valence-corrected chi connectivity index (χ1v) is 9.56. The van der Waals surface area contributed by atoms with E-state index in [2.05, 4.69) is 30.9 Å². The Bertz CT molecular complexity index is 874. The number of pyridine rings is 1. The first kappa shape index (κ1) is 20.6. The van der Waals surface area contributed by atoms with Crippen molar-refractivity contribution in [3.63, 3.8) is 0 Å². The first-order chi connectivity index (χ1) is 12.9. The van der Waals surface area contributed by atoms with Crippen LogP contribution in [-0.2, 0) is 12.5 Å². The third-order valence-corrected chi connectivity index (χ3v) is 5.66. The maximum Gasteiger partial charge on any atom is 0.391 e. The molecule has 0 bridgehead atoms. The van der Waals surface area contributed by atoms with Crippen LogP contribution in [-0.4, -0.2) is 44.8 Å². The minimum Gasteiger partial charge on any atom is -0.339 e. The molecule has 0 N–H and O–H groups in total. The van der Waals surface area contributed by atoms with E-state index < -0.39 is 12.1 Å². The fourth-order valence-corrected chi connectivity index (χ4v) is 3.97. The molecule has 1 amide bonds. The van der Waals surface area contributed by atoms with Crippen LogP contribution in [0.3, 0.4) is 0 Å². The van der Waals surface area contributed by atoms with Crippen LogP contribution >= 0.6 is 0 Å². The third kappa shape index (κ3) is 3.86. The van der Waals surface area contributed by atoms with Gasteiger partial charge in [-0.3, -0.25) is 9.48 Å². The molecule has 0 aliphatic heterocycles. The van der Waals surface area contributed by atoms with Gasteiger partial charge in [0.15, 0.2) is 5.65 Å². The highest BCUT2D eigenvalue weighted by Gasteiger charge is 2.42. The number of nitrogens with zero attached hydrogens (tertiary/aromatic N) is 4. The van der Waals surface area contributed by atoms with E-state index in [-0.39, 0.29) is 30.2 Å². The number of alkyl halides is 3. The number of hydrogen-bond acceptors (Lipinski definition) is 3. The minimum atomic E-state index is -4.15. The average molecular weight is 396 g/mol. The predicted octanol–water partition coefficient (Wildman–Crippen LogP) is 4.46. The van der Waals surface area contributed by atoms with E-state index >= 15 is 0 Å². The van der Waals surface area contributed by atoms with Gasteiger partial charge in [0, 0.05) is 37.1 Å². The van der Waals surface area contributed by atoms with Crippen LogP contribution in [0.15, 0.2) is 12.3 Å². The molecule has 0 aromatic carbocycles. The van der Waals surface area contributed by atoms with E-state index in [1.54, 1.807) is 22.7 Å². The number of halogens is 3. The van der Waals surface area contributed by atoms with Gasteiger partial charge < -0.3 is 4.90 Å². The van der Waals surface area contributed by atoms with Crippen molar-refractivity contribution in [1.82, 2.24) is 19.7 Å². The number of carbonyl (C=O) groups is 1. The molecule has 28 heavy (non-hydrogen) atoms. The highest BCUT2D eigenvalue weighted by Crippen LogP contribution is 2.38. The van der Waals surface area contributed by atoms with Crippen LogP contribution in [0.2, 0.25) is 0 Å². The Morgan fingerprint density at radius 1 is 1.18 bits per heavy atom. The molecule has 1 aliphatic carbocycles. The molecule has 2 heterocycles. The lowest BCUT2D eigenvalue weighted by Crippen LogP contribution is -2.41. The second-order valence-corrected chi connectivity index (χ2v) is 8.78. The Morgan fingerprint density at radius 3 is 2.32 bits per heavy atom. The Morgan fingerprint density at radius 2 is 1.79 bits per heavy atom. The molecule has 0 atom stereocenters. The van der Waals surface area contributed by atoms with Crippen molar-refractivity contribution >= 4 is 16.9 Å². The van der Waals surface area contributed by atoms with Crippen LogP contribution in [0, 0.1) is 5.92 Å². The predicted molar refractivity (Wildman–Crippen MR) is 101 cm³/mol. The molecule has 1 fully saturated rings. The maximum absolute atomic E-state index is 13.0. The summed E-state index contributed by atoms with van der Waals surface area (Å²) in [6, 6.07) is 1.62. The topological polar surface area (TPSA) is 51.0 Å². The zero-order valence-electron chi connectivity index (χ0n) is 17.0. The van der Waals surface area contributed by atoms with Gasteiger partial charge in [-0.15, -0.1) is 0 Å². The number of hydrogen-bond donors (Lipinski definition) is 0. The normalized spacial score (nSPS) is 21.1. The summed E-state index contributed by atoms with van der Waals surface area (Å²) in [4.78, 5) is 19.0. The van der Waals surface area contributed by atoms with Crippen LogP contribution in [0.25, 0.3) is 11.0 Å². The monoisotopic (exact) mass is 396 g/mol. The van der Waals surface area contributed by atoms with Crippen LogP contribution in [0.5, 0.6) is 0 Å². The molecule has 0 radical (unpaired) electrons. The first-order valence-electron chi connectivity index (χ1n) is 9.56. The number of fused-ring (bicyclic) bond motifs is 1. The summed E-state index contributed by atoms with van der Waals surface area (Å²) in [5.41, 5.74) is 1.80. The molecule has 2 aromatic heterocycles. The van der Waals surface area contributed by atoms with Gasteiger partial charge in [0.05, 0.1) is 17.2 Å². The lowest BCUT2D eigenvalue weighted by Gasteiger charge is -2.35. The number of aryl methyl sites for hydroxylation is 1. The summed E-state index contributed by atoms with van der Waals surface area (Å²) in [6.07, 6.45) is -1.76. The standard InChI is InChI=1S/C20H27F3N4O/c1-19(2,3)16-15-10-12(11-24-17(15)27(5)25-16)18(28)26(4)14-8-6-13(7-9-14)20(21,22)23/h10-11,13-14H,6-9H2,1-5H3. The van der Waals surface area contributed by atoms with E-state index in [0.717, 1.165) is 11.1 Å². The van der Waals surface area contributed by atoms with Crippen LogP contribution in [0.4, 0.5) is 13.2 Å². The molecule has 0 unspecified atom stereocenters. The zero-order valence-corrected chi connectivity index (χ0v) is 17.0. The number of rotatable bonds is 2. The van der Waals surface area contributed by atoms with Gasteiger partial charge in [-0.05, 0) is 31.7 Å². The number of carbonyl (C=O) groups excluding carboxylic acids is 1. The lowest BCUT2D eigenvalue weighted by atomic mass is 9.85. The lowest BCUT2D eigenvalue weighted by molar-refractivity contribution is -0.183. The molecular weight excluding hydrogens is 369 g/mol. The molecule has 0 spiro atoms. The van der Waals surface area contributed by atoms with Crippen LogP contribution < -0.4 is 0 Å². The average Bonchev–Trinajstić information content (AvgIpc) is 2.96. The fourth-order valence-electron chi connectivity index (χ4n) is 3.97. The summed E-state index contributed by atoms with van der Waals surface area (Å²) in [7, 11) is 3.48. The molecular formula is C20H27F3N4O. The molecule has 5 nitrogen and oxygen atoms in total. The molecule has 2 aromatic rings. The van der Waals surface area contributed by atoms with E-state index in [1.807, 2.05) is 7.05 Å². The van der Waals surface area contributed by atoms with Crippen molar-refractivity contribution in [1.29, 1.82) is 0 Å². The summed E-state index contributed by atoms with van der Waals surface area (Å²) in [5.74, 6) is -1.47. The van der Waals surface area contributed by atoms with Crippen molar-refractivity contribution in [2.45, 2.75) is 64.1 Å². The number of aromatic nitrogens is 3. The van der Waals surface area contributed by atoms with Crippen LogP contribution in [0.1, 0.15) is 62.5 Å². The van der Waals surface area contributed by atoms with Gasteiger partial charge in [0.1, 0.15) is 0 Å². The molecule has 154 valence electrons. The van der Waals surface area contributed by atoms with Gasteiger partial charge >= 0.3 is 6.18 Å². The molecule has 0 saturated heterocycles. The SMILES string of the molecule is CN(C(=O)c1cnc2c(c1)c(C(C)(C)C)nn2C)C1CCC(C(F)(F)F)CC1. The second-order valence-electron chi connectivity index (χ2n) is 8.78. The van der Waals surface area contributed by atoms with Crippen molar-refractivity contribution < 1.29 is 18.0 Å². The minimum absolute atomic E-state index is 0.0693. The highest BCUT2D eigenvalue weighted by atomic mass is 19.4. The summed E-state index contributed by atoms with van der Waals surface area (Å²) >= 11 is 0. The van der Waals surface area contributed by atoms with E-state index in [1.165, 1.54) is 6.20 Å². The fraction of sp³-hybridized carbons (Fsp3) is 0.650. The van der Waals surface area contributed by atoms with Gasteiger partial charge in [-0.25, -0.2) is 4.98 Å². The summed E-state index contributed by atoms with van der Waals surface area (Å²) in [5, 5.41) is 5.38. The van der Waals surface area contributed by atoms with E-state index in [0.29, 0.717) is 24.1 Å². The van der Waals surface area contributed by atoms with Gasteiger partial charge in [0.2, 0.25) is 0 Å². The van der Waals surface area contributed by atoms with Crippen molar-refractivity contribution in [2.75, 3.05) is 7.05 Å². The molecule has 1 aliphatic rings. The zero-order chi connectivity index (χ0) is 20.9. The largest absolute Gasteiger partial charge is 0.391 e. The second kappa shape index (κ2) is 7.04. The molecule has 1 saturated carbocycles. The van der Waals surface area contributed by atoms with Crippen molar-refractivity contribution in [3.8, 4) is 0 Å². The van der Waals surface area contributed by atoms with Gasteiger partial charge in [0.25, 0.3) is 5.91 Å². The molecule has 3 rings (SSSR count). The maximum atomic E-state index is 13.0. The molecule has 8 heteroatoms. The Balaban J connectivity index is 1.82. The van der Waals surface area contributed by atoms with Crippen molar-refractivity contribution in [2.24, 2.45) is 13.0 Å². The summed E-state index contributed by atoms with van der Waals surface area (Å²) < 4.78 is 40.3. The Kier molecular flexibility index (Phi) is 5.18. The van der Waals surface area contributed by atoms with Gasteiger partial charge in [-0.2, -0.15) is 18.3 Å². The van der Waals surface area contributed by atoms with E-state index in [9.17, 15) is 18.0 Å². The summed E-state index contributed by atoms with van der Waals surface area (Å²) in [6.45, 7) is 6.15. The van der Waals surface area contributed by atoms with Crippen molar-refractivity contribution in [3.05, 3.63) is 23.5 Å². The smallest absolute Gasteiger partial charge is 0.339 e. The highest BCUT2D eigenvalue weighted by molar-refractivity contribution is 5.97. The van der Waals surface area contributed by atoms with Gasteiger partial charge in [-0.1, -0.05) is 20.8 Å². The number of amides is 1. The van der Waals surface area contributed by atoms with E-state index in [4.69, 9.17) is 0 Å².